The lowest BCUT2D eigenvalue weighted by Gasteiger charge is -2.30. The van der Waals surface area contributed by atoms with E-state index in [0.29, 0.717) is 12.1 Å². The summed E-state index contributed by atoms with van der Waals surface area (Å²) in [4.78, 5) is 18.5. The zero-order chi connectivity index (χ0) is 12.4. The summed E-state index contributed by atoms with van der Waals surface area (Å²) >= 11 is 6.10. The van der Waals surface area contributed by atoms with Crippen LogP contribution in [0, 0.1) is 13.8 Å². The quantitative estimate of drug-likeness (QED) is 0.720. The van der Waals surface area contributed by atoms with E-state index in [-0.39, 0.29) is 11.3 Å². The predicted octanol–water partition coefficient (Wildman–Crippen LogP) is 2.54. The molecule has 0 aromatic carbocycles. The van der Waals surface area contributed by atoms with E-state index in [4.69, 9.17) is 11.6 Å². The van der Waals surface area contributed by atoms with Crippen LogP contribution in [0.25, 0.3) is 0 Å². The van der Waals surface area contributed by atoms with Gasteiger partial charge in [-0.15, -0.1) is 11.6 Å². The topological polar surface area (TPSA) is 33.2 Å². The second-order valence-electron chi connectivity index (χ2n) is 4.58. The molecule has 0 spiro atoms. The average Bonchev–Trinajstić information content (AvgIpc) is 2.28. The van der Waals surface area contributed by atoms with Crippen LogP contribution in [0.3, 0.4) is 0 Å². The number of likely N-dealkylation sites (tertiary alicyclic amines) is 1. The molecule has 4 heteroatoms. The molecule has 1 aromatic rings. The van der Waals surface area contributed by atoms with Crippen LogP contribution in [0.2, 0.25) is 0 Å². The molecule has 2 heterocycles. The number of amides is 1. The van der Waals surface area contributed by atoms with E-state index in [0.717, 1.165) is 30.8 Å². The normalized spacial score (nSPS) is 20.4. The van der Waals surface area contributed by atoms with Gasteiger partial charge in [-0.1, -0.05) is 0 Å². The predicted molar refractivity (Wildman–Crippen MR) is 68.5 cm³/mol. The summed E-state index contributed by atoms with van der Waals surface area (Å²) in [5.41, 5.74) is 2.43. The van der Waals surface area contributed by atoms with Crippen LogP contribution in [0.5, 0.6) is 0 Å². The summed E-state index contributed by atoms with van der Waals surface area (Å²) < 4.78 is 0. The molecule has 0 radical (unpaired) electrons. The summed E-state index contributed by atoms with van der Waals surface area (Å²) in [7, 11) is 0. The lowest BCUT2D eigenvalue weighted by atomic mass is 10.1. The third kappa shape index (κ3) is 2.78. The molecule has 0 N–H and O–H groups in total. The number of carbonyl (C=O) groups is 1. The molecule has 17 heavy (non-hydrogen) atoms. The van der Waals surface area contributed by atoms with E-state index < -0.39 is 0 Å². The fourth-order valence-electron chi connectivity index (χ4n) is 2.19. The average molecular weight is 253 g/mol. The first-order chi connectivity index (χ1) is 8.08. The van der Waals surface area contributed by atoms with E-state index in [9.17, 15) is 4.79 Å². The summed E-state index contributed by atoms with van der Waals surface area (Å²) in [6.07, 6.45) is 1.98. The van der Waals surface area contributed by atoms with Gasteiger partial charge in [0.25, 0.3) is 5.91 Å². The lowest BCUT2D eigenvalue weighted by Crippen LogP contribution is -2.40. The minimum Gasteiger partial charge on any atom is -0.337 e. The minimum atomic E-state index is 0.0559. The molecule has 2 rings (SSSR count). The van der Waals surface area contributed by atoms with Gasteiger partial charge in [-0.05, 0) is 38.8 Å². The largest absolute Gasteiger partial charge is 0.337 e. The number of aromatic nitrogens is 1. The Bertz CT molecular complexity index is 433. The number of rotatable bonds is 1. The highest BCUT2D eigenvalue weighted by atomic mass is 35.5. The Morgan fingerprint density at radius 1 is 1.47 bits per heavy atom. The third-order valence-electron chi connectivity index (χ3n) is 3.11. The van der Waals surface area contributed by atoms with Gasteiger partial charge >= 0.3 is 0 Å². The van der Waals surface area contributed by atoms with Gasteiger partial charge in [0.05, 0.1) is 16.6 Å². The molecule has 1 fully saturated rings. The number of piperidine rings is 1. The molecule has 1 aliphatic rings. The first kappa shape index (κ1) is 12.4. The third-order valence-corrected chi connectivity index (χ3v) is 3.46. The van der Waals surface area contributed by atoms with Crippen molar-refractivity contribution in [2.24, 2.45) is 0 Å². The van der Waals surface area contributed by atoms with Crippen LogP contribution in [0.15, 0.2) is 12.1 Å². The molecule has 1 aromatic heterocycles. The van der Waals surface area contributed by atoms with Crippen molar-refractivity contribution in [3.8, 4) is 0 Å². The molecule has 3 nitrogen and oxygen atoms in total. The molecular weight excluding hydrogens is 236 g/mol. The Hall–Kier alpha value is -1.09. The number of alkyl halides is 1. The van der Waals surface area contributed by atoms with Gasteiger partial charge in [0.1, 0.15) is 0 Å². The van der Waals surface area contributed by atoms with Gasteiger partial charge in [-0.3, -0.25) is 9.78 Å². The van der Waals surface area contributed by atoms with Gasteiger partial charge in [0.2, 0.25) is 0 Å². The smallest absolute Gasteiger partial charge is 0.255 e. The maximum absolute atomic E-state index is 12.3. The molecule has 92 valence electrons. The lowest BCUT2D eigenvalue weighted by molar-refractivity contribution is 0.0726. The van der Waals surface area contributed by atoms with Gasteiger partial charge < -0.3 is 4.90 Å². The second-order valence-corrected chi connectivity index (χ2v) is 5.19. The van der Waals surface area contributed by atoms with Crippen LogP contribution < -0.4 is 0 Å². The number of nitrogens with zero attached hydrogens (tertiary/aromatic N) is 2. The molecule has 1 atom stereocenters. The van der Waals surface area contributed by atoms with Crippen molar-refractivity contribution in [2.45, 2.75) is 32.1 Å². The number of pyridine rings is 1. The van der Waals surface area contributed by atoms with Crippen molar-refractivity contribution in [3.05, 3.63) is 29.1 Å². The monoisotopic (exact) mass is 252 g/mol. The van der Waals surface area contributed by atoms with Crippen LogP contribution >= 0.6 is 11.6 Å². The van der Waals surface area contributed by atoms with Gasteiger partial charge in [0, 0.05) is 18.8 Å². The zero-order valence-electron chi connectivity index (χ0n) is 10.2. The molecular formula is C13H17ClN2O. The highest BCUT2D eigenvalue weighted by molar-refractivity contribution is 6.21. The highest BCUT2D eigenvalue weighted by Crippen LogP contribution is 2.18. The fraction of sp³-hybridized carbons (Fsp3) is 0.538. The minimum absolute atomic E-state index is 0.0559. The SMILES string of the molecule is Cc1ccc(C(=O)N2CCCC(Cl)C2)c(C)n1. The number of hydrogen-bond donors (Lipinski definition) is 0. The summed E-state index contributed by atoms with van der Waals surface area (Å²) in [5, 5.41) is 0.0893. The van der Waals surface area contributed by atoms with E-state index in [1.165, 1.54) is 0 Å². The first-order valence-electron chi connectivity index (χ1n) is 5.95. The molecule has 0 aliphatic carbocycles. The van der Waals surface area contributed by atoms with Crippen LogP contribution in [0.4, 0.5) is 0 Å². The molecule has 1 saturated heterocycles. The van der Waals surface area contributed by atoms with Crippen molar-refractivity contribution >= 4 is 17.5 Å². The Morgan fingerprint density at radius 2 is 2.24 bits per heavy atom. The van der Waals surface area contributed by atoms with Crippen LogP contribution in [-0.4, -0.2) is 34.3 Å². The summed E-state index contributed by atoms with van der Waals surface area (Å²) in [5.74, 6) is 0.0559. The zero-order valence-corrected chi connectivity index (χ0v) is 11.0. The number of aryl methyl sites for hydroxylation is 2. The number of carbonyl (C=O) groups excluding carboxylic acids is 1. The molecule has 1 amide bonds. The van der Waals surface area contributed by atoms with Gasteiger partial charge in [-0.25, -0.2) is 0 Å². The highest BCUT2D eigenvalue weighted by Gasteiger charge is 2.24. The fourth-order valence-corrected chi connectivity index (χ4v) is 2.51. The second kappa shape index (κ2) is 5.05. The number of hydrogen-bond acceptors (Lipinski definition) is 2. The number of halogens is 1. The van der Waals surface area contributed by atoms with Crippen LogP contribution in [-0.2, 0) is 0 Å². The Labute approximate surface area is 107 Å². The Balaban J connectivity index is 2.18. The van der Waals surface area contributed by atoms with Gasteiger partial charge in [-0.2, -0.15) is 0 Å². The first-order valence-corrected chi connectivity index (χ1v) is 6.39. The Kier molecular flexibility index (Phi) is 3.67. The van der Waals surface area contributed by atoms with E-state index in [1.807, 2.05) is 30.9 Å². The summed E-state index contributed by atoms with van der Waals surface area (Å²) in [6, 6.07) is 3.74. The van der Waals surface area contributed by atoms with E-state index >= 15 is 0 Å². The van der Waals surface area contributed by atoms with E-state index in [2.05, 4.69) is 4.98 Å². The molecule has 0 saturated carbocycles. The van der Waals surface area contributed by atoms with Gasteiger partial charge in [0.15, 0.2) is 0 Å². The maximum atomic E-state index is 12.3. The van der Waals surface area contributed by atoms with E-state index in [1.54, 1.807) is 0 Å². The molecule has 1 aliphatic heterocycles. The Morgan fingerprint density at radius 3 is 2.88 bits per heavy atom. The molecule has 1 unspecified atom stereocenters. The molecule has 0 bridgehead atoms. The van der Waals surface area contributed by atoms with Crippen molar-refractivity contribution < 1.29 is 4.79 Å². The van der Waals surface area contributed by atoms with Crippen molar-refractivity contribution in [1.82, 2.24) is 9.88 Å². The van der Waals surface area contributed by atoms with Crippen molar-refractivity contribution in [2.75, 3.05) is 13.1 Å². The standard InChI is InChI=1S/C13H17ClN2O/c1-9-5-6-12(10(2)15-9)13(17)16-7-3-4-11(14)8-16/h5-6,11H,3-4,7-8H2,1-2H3. The van der Waals surface area contributed by atoms with Crippen LogP contribution in [0.1, 0.15) is 34.6 Å². The van der Waals surface area contributed by atoms with Crippen molar-refractivity contribution in [3.63, 3.8) is 0 Å². The van der Waals surface area contributed by atoms with Crippen molar-refractivity contribution in [1.29, 1.82) is 0 Å². The summed E-state index contributed by atoms with van der Waals surface area (Å²) in [6.45, 7) is 5.25. The maximum Gasteiger partial charge on any atom is 0.255 e.